The maximum absolute atomic E-state index is 13.0. The summed E-state index contributed by atoms with van der Waals surface area (Å²) in [5.74, 6) is 1.37. The molecule has 1 aliphatic rings. The number of carbonyl (C=O) groups excluding carboxylic acids is 1. The first-order valence-electron chi connectivity index (χ1n) is 12.8. The van der Waals surface area contributed by atoms with Gasteiger partial charge in [-0.3, -0.25) is 9.78 Å². The number of rotatable bonds is 6. The molecule has 0 spiro atoms. The van der Waals surface area contributed by atoms with Gasteiger partial charge in [-0.2, -0.15) is 0 Å². The number of hydrogen-bond donors (Lipinski definition) is 1. The summed E-state index contributed by atoms with van der Waals surface area (Å²) in [5.41, 5.74) is 3.18. The van der Waals surface area contributed by atoms with Crippen LogP contribution in [-0.2, 0) is 6.42 Å². The molecule has 0 saturated heterocycles. The number of nitrogens with zero attached hydrogens (tertiary/aromatic N) is 4. The summed E-state index contributed by atoms with van der Waals surface area (Å²) in [6, 6.07) is 11.7. The number of likely N-dealkylation sites (N-methyl/N-ethyl adjacent to an activating group) is 1. The summed E-state index contributed by atoms with van der Waals surface area (Å²) in [7, 11) is 1.75. The molecule has 1 amide bonds. The SMILES string of the molecule is C=CC1=CN(CC)c2ncc(CCOc3ccnc4ccccc34)cc2C(=O)N1C.CC.CC.CC=N. The van der Waals surface area contributed by atoms with Crippen LogP contribution in [0.4, 0.5) is 5.82 Å². The third-order valence-corrected chi connectivity index (χ3v) is 5.21. The molecule has 37 heavy (non-hydrogen) atoms. The Morgan fingerprint density at radius 2 is 1.78 bits per heavy atom. The zero-order chi connectivity index (χ0) is 27.8. The van der Waals surface area contributed by atoms with Crippen molar-refractivity contribution >= 4 is 28.8 Å². The van der Waals surface area contributed by atoms with Gasteiger partial charge in [-0.05, 0) is 56.0 Å². The molecule has 3 aromatic rings. The van der Waals surface area contributed by atoms with Crippen molar-refractivity contribution in [3.63, 3.8) is 0 Å². The normalized spacial score (nSPS) is 11.8. The molecule has 0 fully saturated rings. The molecule has 198 valence electrons. The van der Waals surface area contributed by atoms with Gasteiger partial charge < -0.3 is 19.9 Å². The Hall–Kier alpha value is -4.00. The van der Waals surface area contributed by atoms with Gasteiger partial charge in [-0.15, -0.1) is 0 Å². The Kier molecular flexibility index (Phi) is 13.9. The topological polar surface area (TPSA) is 82.4 Å². The average molecular weight is 504 g/mol. The van der Waals surface area contributed by atoms with Gasteiger partial charge in [0, 0.05) is 44.0 Å². The minimum absolute atomic E-state index is 0.0949. The van der Waals surface area contributed by atoms with Crippen molar-refractivity contribution < 1.29 is 9.53 Å². The number of aromatic nitrogens is 2. The second-order valence-corrected chi connectivity index (χ2v) is 7.34. The third kappa shape index (κ3) is 8.00. The van der Waals surface area contributed by atoms with Gasteiger partial charge in [0.25, 0.3) is 5.91 Å². The number of hydrogen-bond acceptors (Lipinski definition) is 6. The van der Waals surface area contributed by atoms with Crippen molar-refractivity contribution in [2.75, 3.05) is 25.1 Å². The van der Waals surface area contributed by atoms with Crippen LogP contribution in [0.3, 0.4) is 0 Å². The molecule has 0 atom stereocenters. The van der Waals surface area contributed by atoms with E-state index in [0.29, 0.717) is 31.0 Å². The molecule has 3 heterocycles. The standard InChI is InChI=1S/C24H24N4O2.C2H5N.2C2H6/c1-4-18-16-28(5-2)23-20(24(29)27(18)3)14-17(15-26-23)11-13-30-22-10-12-25-21-9-7-6-8-19(21)22;1-2-3;2*1-2/h4,6-10,12,14-16H,1,5,11,13H2,2-3H3;2-3H,1H3;2*1-2H3. The Morgan fingerprint density at radius 1 is 1.11 bits per heavy atom. The lowest BCUT2D eigenvalue weighted by Crippen LogP contribution is -2.24. The Morgan fingerprint density at radius 3 is 2.43 bits per heavy atom. The van der Waals surface area contributed by atoms with Crippen LogP contribution < -0.4 is 9.64 Å². The number of amides is 1. The van der Waals surface area contributed by atoms with Gasteiger partial charge in [0.05, 0.1) is 23.4 Å². The summed E-state index contributed by atoms with van der Waals surface area (Å²) < 4.78 is 6.02. The molecule has 4 rings (SSSR count). The minimum Gasteiger partial charge on any atom is -0.492 e. The first-order chi connectivity index (χ1) is 18.0. The molecule has 0 saturated carbocycles. The van der Waals surface area contributed by atoms with Crippen LogP contribution in [0.2, 0.25) is 0 Å². The predicted molar refractivity (Wildman–Crippen MR) is 156 cm³/mol. The van der Waals surface area contributed by atoms with Crippen LogP contribution in [-0.4, -0.2) is 47.2 Å². The molecule has 2 aromatic heterocycles. The Bertz CT molecular complexity index is 1180. The molecule has 1 N–H and O–H groups in total. The largest absolute Gasteiger partial charge is 0.492 e. The van der Waals surface area contributed by atoms with Gasteiger partial charge in [0.2, 0.25) is 0 Å². The lowest BCUT2D eigenvalue weighted by Gasteiger charge is -2.18. The number of para-hydroxylation sites is 1. The van der Waals surface area contributed by atoms with Crippen molar-refractivity contribution in [3.05, 3.63) is 84.5 Å². The number of anilines is 1. The number of allylic oxidation sites excluding steroid dienone is 1. The highest BCUT2D eigenvalue weighted by atomic mass is 16.5. The zero-order valence-electron chi connectivity index (χ0n) is 23.3. The molecule has 1 aliphatic heterocycles. The van der Waals surface area contributed by atoms with Crippen molar-refractivity contribution in [2.24, 2.45) is 0 Å². The van der Waals surface area contributed by atoms with E-state index < -0.39 is 0 Å². The maximum atomic E-state index is 13.0. The van der Waals surface area contributed by atoms with Gasteiger partial charge in [-0.25, -0.2) is 4.98 Å². The second-order valence-electron chi connectivity index (χ2n) is 7.34. The van der Waals surface area contributed by atoms with E-state index in [4.69, 9.17) is 10.1 Å². The molecule has 0 bridgehead atoms. The molecule has 1 aromatic carbocycles. The quantitative estimate of drug-likeness (QED) is 0.370. The number of fused-ring (bicyclic) bond motifs is 2. The smallest absolute Gasteiger partial charge is 0.261 e. The monoisotopic (exact) mass is 503 g/mol. The van der Waals surface area contributed by atoms with E-state index in [0.717, 1.165) is 27.9 Å². The lowest BCUT2D eigenvalue weighted by molar-refractivity contribution is 0.0842. The molecule has 7 nitrogen and oxygen atoms in total. The first kappa shape index (κ1) is 31.0. The zero-order valence-corrected chi connectivity index (χ0v) is 23.3. The number of pyridine rings is 2. The van der Waals surface area contributed by atoms with E-state index in [1.807, 2.05) is 88.3 Å². The fraction of sp³-hybridized carbons (Fsp3) is 0.333. The number of carbonyl (C=O) groups is 1. The van der Waals surface area contributed by atoms with Crippen LogP contribution in [0.15, 0.2) is 73.3 Å². The van der Waals surface area contributed by atoms with Crippen molar-refractivity contribution in [2.45, 2.75) is 48.0 Å². The number of benzene rings is 1. The van der Waals surface area contributed by atoms with E-state index in [9.17, 15) is 4.79 Å². The van der Waals surface area contributed by atoms with Crippen LogP contribution in [0.1, 0.15) is 57.5 Å². The van der Waals surface area contributed by atoms with E-state index in [-0.39, 0.29) is 5.91 Å². The third-order valence-electron chi connectivity index (χ3n) is 5.21. The first-order valence-corrected chi connectivity index (χ1v) is 12.8. The van der Waals surface area contributed by atoms with Gasteiger partial charge in [0.1, 0.15) is 11.6 Å². The van der Waals surface area contributed by atoms with E-state index in [1.54, 1.807) is 31.1 Å². The molecule has 0 aliphatic carbocycles. The second kappa shape index (κ2) is 16.6. The number of nitrogens with one attached hydrogen (secondary N) is 1. The van der Waals surface area contributed by atoms with Crippen molar-refractivity contribution in [3.8, 4) is 5.75 Å². The predicted octanol–water partition coefficient (Wildman–Crippen LogP) is 6.90. The summed E-state index contributed by atoms with van der Waals surface area (Å²) >= 11 is 0. The van der Waals surface area contributed by atoms with Gasteiger partial charge in [0.15, 0.2) is 0 Å². The fourth-order valence-electron chi connectivity index (χ4n) is 3.53. The van der Waals surface area contributed by atoms with Crippen molar-refractivity contribution in [1.82, 2.24) is 14.9 Å². The van der Waals surface area contributed by atoms with E-state index >= 15 is 0 Å². The number of ether oxygens (including phenoxy) is 1. The minimum atomic E-state index is -0.0949. The van der Waals surface area contributed by atoms with Crippen molar-refractivity contribution in [1.29, 1.82) is 5.41 Å². The highest BCUT2D eigenvalue weighted by Crippen LogP contribution is 2.27. The maximum Gasteiger partial charge on any atom is 0.261 e. The van der Waals surface area contributed by atoms with Gasteiger partial charge in [-0.1, -0.05) is 46.4 Å². The summed E-state index contributed by atoms with van der Waals surface area (Å²) in [5, 5.41) is 7.07. The summed E-state index contributed by atoms with van der Waals surface area (Å²) in [6.07, 6.45) is 9.04. The van der Waals surface area contributed by atoms with Crippen LogP contribution >= 0.6 is 0 Å². The molecule has 0 radical (unpaired) electrons. The molecular formula is C30H41N5O2. The molecule has 0 unspecified atom stereocenters. The van der Waals surface area contributed by atoms with E-state index in [1.165, 1.54) is 6.21 Å². The fourth-order valence-corrected chi connectivity index (χ4v) is 3.53. The van der Waals surface area contributed by atoms with Gasteiger partial charge >= 0.3 is 0 Å². The highest BCUT2D eigenvalue weighted by molar-refractivity contribution is 6.01. The average Bonchev–Trinajstić information content (AvgIpc) is 3.05. The molecular weight excluding hydrogens is 462 g/mol. The van der Waals surface area contributed by atoms with Crippen LogP contribution in [0.25, 0.3) is 10.9 Å². The molecule has 7 heteroatoms. The summed E-state index contributed by atoms with van der Waals surface area (Å²) in [6.45, 7) is 16.7. The van der Waals surface area contributed by atoms with E-state index in [2.05, 4.69) is 16.5 Å². The van der Waals surface area contributed by atoms with Crippen LogP contribution in [0, 0.1) is 5.41 Å². The highest BCUT2D eigenvalue weighted by Gasteiger charge is 2.25. The Balaban J connectivity index is 0.000000894. The summed E-state index contributed by atoms with van der Waals surface area (Å²) in [4.78, 5) is 25.5. The Labute approximate surface area is 222 Å². The lowest BCUT2D eigenvalue weighted by atomic mass is 10.1. The van der Waals surface area contributed by atoms with Crippen LogP contribution in [0.5, 0.6) is 5.75 Å².